The van der Waals surface area contributed by atoms with Gasteiger partial charge in [0.1, 0.15) is 0 Å². The van der Waals surface area contributed by atoms with Gasteiger partial charge in [-0.1, -0.05) is 13.0 Å². The summed E-state index contributed by atoms with van der Waals surface area (Å²) >= 11 is 0. The standard InChI is InChI=1S/C8H10O2.C3H6O2/c1-6-3-4-7(9)8(5-6)10-2;1-2-3(4)5/h3-5,9H,1-2H3;2H2,1H3,(H,4,5). The molecule has 0 saturated carbocycles. The maximum absolute atomic E-state index is 9.37. The largest absolute Gasteiger partial charge is 0.504 e. The average molecular weight is 212 g/mol. The molecule has 2 N–H and O–H groups in total. The number of hydrogen-bond acceptors (Lipinski definition) is 3. The van der Waals surface area contributed by atoms with E-state index in [1.807, 2.05) is 13.0 Å². The van der Waals surface area contributed by atoms with Crippen LogP contribution in [-0.2, 0) is 4.79 Å². The zero-order valence-corrected chi connectivity index (χ0v) is 9.15. The summed E-state index contributed by atoms with van der Waals surface area (Å²) in [5.41, 5.74) is 1.08. The fourth-order valence-electron chi connectivity index (χ4n) is 0.785. The molecule has 0 aliphatic rings. The van der Waals surface area contributed by atoms with Crippen LogP contribution in [0.1, 0.15) is 18.9 Å². The fourth-order valence-corrected chi connectivity index (χ4v) is 0.785. The number of aryl methyl sites for hydroxylation is 1. The molecule has 0 saturated heterocycles. The summed E-state index contributed by atoms with van der Waals surface area (Å²) in [6.45, 7) is 3.55. The smallest absolute Gasteiger partial charge is 0.303 e. The lowest BCUT2D eigenvalue weighted by Crippen LogP contribution is -1.86. The van der Waals surface area contributed by atoms with E-state index < -0.39 is 5.97 Å². The van der Waals surface area contributed by atoms with Gasteiger partial charge in [-0.05, 0) is 24.6 Å². The first-order chi connectivity index (χ1) is 7.01. The molecule has 0 radical (unpaired) electrons. The Balaban J connectivity index is 0.000000336. The molecule has 0 fully saturated rings. The van der Waals surface area contributed by atoms with Crippen molar-refractivity contribution in [3.8, 4) is 11.5 Å². The molecular formula is C11H16O4. The zero-order chi connectivity index (χ0) is 11.8. The highest BCUT2D eigenvalue weighted by Crippen LogP contribution is 2.25. The van der Waals surface area contributed by atoms with Crippen LogP contribution in [0.15, 0.2) is 18.2 Å². The van der Waals surface area contributed by atoms with E-state index in [2.05, 4.69) is 0 Å². The summed E-state index contributed by atoms with van der Waals surface area (Å²) in [6.07, 6.45) is 0.222. The third kappa shape index (κ3) is 5.57. The quantitative estimate of drug-likeness (QED) is 0.788. The minimum absolute atomic E-state index is 0.188. The molecule has 0 heterocycles. The Hall–Kier alpha value is -1.71. The van der Waals surface area contributed by atoms with Gasteiger partial charge in [-0.15, -0.1) is 0 Å². The fraction of sp³-hybridized carbons (Fsp3) is 0.364. The molecule has 0 aliphatic carbocycles. The molecule has 0 amide bonds. The van der Waals surface area contributed by atoms with Crippen LogP contribution in [0, 0.1) is 6.92 Å². The van der Waals surface area contributed by atoms with Gasteiger partial charge in [0.15, 0.2) is 11.5 Å². The molecule has 1 aromatic rings. The van der Waals surface area contributed by atoms with E-state index in [0.29, 0.717) is 5.75 Å². The summed E-state index contributed by atoms with van der Waals surface area (Å²) in [6, 6.07) is 5.24. The second kappa shape index (κ2) is 6.70. The van der Waals surface area contributed by atoms with Crippen LogP contribution < -0.4 is 4.74 Å². The number of ether oxygens (including phenoxy) is 1. The van der Waals surface area contributed by atoms with Gasteiger partial charge in [0.05, 0.1) is 7.11 Å². The third-order valence-electron chi connectivity index (χ3n) is 1.64. The number of hydrogen-bond donors (Lipinski definition) is 2. The lowest BCUT2D eigenvalue weighted by atomic mass is 10.2. The maximum atomic E-state index is 9.37. The van der Waals surface area contributed by atoms with Crippen molar-refractivity contribution in [3.05, 3.63) is 23.8 Å². The van der Waals surface area contributed by atoms with E-state index in [1.165, 1.54) is 7.11 Å². The van der Waals surface area contributed by atoms with Crippen molar-refractivity contribution in [3.63, 3.8) is 0 Å². The summed E-state index contributed by atoms with van der Waals surface area (Å²) in [4.78, 5) is 9.37. The number of carboxylic acids is 1. The Morgan fingerprint density at radius 3 is 2.33 bits per heavy atom. The molecule has 15 heavy (non-hydrogen) atoms. The van der Waals surface area contributed by atoms with Gasteiger partial charge in [0.2, 0.25) is 0 Å². The number of phenolic OH excluding ortho intramolecular Hbond substituents is 1. The van der Waals surface area contributed by atoms with Crippen LogP contribution in [0.3, 0.4) is 0 Å². The summed E-state index contributed by atoms with van der Waals surface area (Å²) in [5, 5.41) is 16.8. The SMILES string of the molecule is CCC(=O)O.COc1cc(C)ccc1O. The second-order valence-electron chi connectivity index (χ2n) is 2.92. The van der Waals surface area contributed by atoms with Gasteiger partial charge in [0, 0.05) is 6.42 Å². The molecule has 4 nitrogen and oxygen atoms in total. The molecule has 4 heteroatoms. The van der Waals surface area contributed by atoms with Crippen LogP contribution in [-0.4, -0.2) is 23.3 Å². The third-order valence-corrected chi connectivity index (χ3v) is 1.64. The topological polar surface area (TPSA) is 66.8 Å². The van der Waals surface area contributed by atoms with E-state index in [4.69, 9.17) is 14.9 Å². The van der Waals surface area contributed by atoms with Crippen LogP contribution in [0.5, 0.6) is 11.5 Å². The number of rotatable bonds is 2. The van der Waals surface area contributed by atoms with Crippen molar-refractivity contribution in [2.75, 3.05) is 7.11 Å². The first-order valence-electron chi connectivity index (χ1n) is 4.56. The van der Waals surface area contributed by atoms with Crippen LogP contribution >= 0.6 is 0 Å². The summed E-state index contributed by atoms with van der Waals surface area (Å²) in [7, 11) is 1.54. The highest BCUT2D eigenvalue weighted by Gasteiger charge is 1.97. The summed E-state index contributed by atoms with van der Waals surface area (Å²) in [5.74, 6) is -0.0295. The highest BCUT2D eigenvalue weighted by molar-refractivity contribution is 5.66. The van der Waals surface area contributed by atoms with Crippen LogP contribution in [0.4, 0.5) is 0 Å². The monoisotopic (exact) mass is 212 g/mol. The van der Waals surface area contributed by atoms with Crippen molar-refractivity contribution >= 4 is 5.97 Å². The second-order valence-corrected chi connectivity index (χ2v) is 2.92. The minimum Gasteiger partial charge on any atom is -0.504 e. The van der Waals surface area contributed by atoms with E-state index >= 15 is 0 Å². The van der Waals surface area contributed by atoms with Crippen LogP contribution in [0.2, 0.25) is 0 Å². The molecule has 84 valence electrons. The van der Waals surface area contributed by atoms with Gasteiger partial charge in [-0.3, -0.25) is 4.79 Å². The first-order valence-corrected chi connectivity index (χ1v) is 4.56. The predicted octanol–water partition coefficient (Wildman–Crippen LogP) is 2.19. The summed E-state index contributed by atoms with van der Waals surface area (Å²) < 4.78 is 4.88. The van der Waals surface area contributed by atoms with Gasteiger partial charge >= 0.3 is 5.97 Å². The Morgan fingerprint density at radius 2 is 2.00 bits per heavy atom. The number of phenols is 1. The lowest BCUT2D eigenvalue weighted by molar-refractivity contribution is -0.136. The molecule has 0 spiro atoms. The number of aliphatic carboxylic acids is 1. The lowest BCUT2D eigenvalue weighted by Gasteiger charge is -2.02. The van der Waals surface area contributed by atoms with E-state index in [9.17, 15) is 4.79 Å². The minimum atomic E-state index is -0.745. The molecule has 0 atom stereocenters. The van der Waals surface area contributed by atoms with Crippen molar-refractivity contribution in [1.29, 1.82) is 0 Å². The molecule has 1 rings (SSSR count). The molecule has 0 aliphatic heterocycles. The van der Waals surface area contributed by atoms with Gasteiger partial charge in [-0.2, -0.15) is 0 Å². The maximum Gasteiger partial charge on any atom is 0.303 e. The van der Waals surface area contributed by atoms with Crippen LogP contribution in [0.25, 0.3) is 0 Å². The predicted molar refractivity (Wildman–Crippen MR) is 57.3 cm³/mol. The zero-order valence-electron chi connectivity index (χ0n) is 9.15. The first kappa shape index (κ1) is 13.3. The molecule has 0 unspecified atom stereocenters. The van der Waals surface area contributed by atoms with E-state index in [0.717, 1.165) is 5.56 Å². The molecule has 0 aromatic heterocycles. The average Bonchev–Trinajstić information content (AvgIpc) is 2.22. The van der Waals surface area contributed by atoms with Gasteiger partial charge < -0.3 is 14.9 Å². The van der Waals surface area contributed by atoms with Gasteiger partial charge in [0.25, 0.3) is 0 Å². The Morgan fingerprint density at radius 1 is 1.47 bits per heavy atom. The Bertz CT molecular complexity index is 320. The number of aromatic hydroxyl groups is 1. The van der Waals surface area contributed by atoms with Crippen molar-refractivity contribution in [2.45, 2.75) is 20.3 Å². The Kier molecular flexibility index (Phi) is 5.94. The van der Waals surface area contributed by atoms with Crippen molar-refractivity contribution < 1.29 is 19.7 Å². The van der Waals surface area contributed by atoms with Crippen molar-refractivity contribution in [1.82, 2.24) is 0 Å². The molecular weight excluding hydrogens is 196 g/mol. The van der Waals surface area contributed by atoms with Gasteiger partial charge in [-0.25, -0.2) is 0 Å². The number of benzene rings is 1. The Labute approximate surface area is 89.1 Å². The number of carbonyl (C=O) groups is 1. The normalized spacial score (nSPS) is 8.73. The number of carboxylic acid groups (broad SMARTS) is 1. The van der Waals surface area contributed by atoms with E-state index in [1.54, 1.807) is 19.1 Å². The highest BCUT2D eigenvalue weighted by atomic mass is 16.5. The molecule has 0 bridgehead atoms. The molecule has 1 aromatic carbocycles. The van der Waals surface area contributed by atoms with Crippen molar-refractivity contribution in [2.24, 2.45) is 0 Å². The number of methoxy groups -OCH3 is 1. The van der Waals surface area contributed by atoms with E-state index in [-0.39, 0.29) is 12.2 Å².